The number of rotatable bonds is 15. The molecule has 0 aliphatic heterocycles. The molecule has 12 fully saturated rings. The minimum atomic E-state index is 0.113. The van der Waals surface area contributed by atoms with Gasteiger partial charge in [-0.2, -0.15) is 0 Å². The summed E-state index contributed by atoms with van der Waals surface area (Å²) >= 11 is 0. The van der Waals surface area contributed by atoms with E-state index in [0.717, 1.165) is 110 Å². The third-order valence-electron chi connectivity index (χ3n) is 22.9. The topological polar surface area (TPSA) is 88.4 Å². The number of ether oxygens (including phenoxy) is 3. The van der Waals surface area contributed by atoms with Crippen LogP contribution in [0.2, 0.25) is 0 Å². The highest BCUT2D eigenvalue weighted by atomic mass is 16.5. The van der Waals surface area contributed by atoms with E-state index in [4.69, 9.17) is 14.2 Å². The summed E-state index contributed by atoms with van der Waals surface area (Å²) in [5, 5.41) is 37.9. The van der Waals surface area contributed by atoms with Crippen molar-refractivity contribution in [3.8, 4) is 17.2 Å². The lowest BCUT2D eigenvalue weighted by Gasteiger charge is -2.57. The molecule has 0 spiro atoms. The highest BCUT2D eigenvalue weighted by molar-refractivity contribution is 5.60. The first-order valence-corrected chi connectivity index (χ1v) is 33.2. The van der Waals surface area contributed by atoms with Crippen LogP contribution in [0.4, 0.5) is 0 Å². The van der Waals surface area contributed by atoms with E-state index >= 15 is 0 Å². The summed E-state index contributed by atoms with van der Waals surface area (Å²) in [5.74, 6) is 8.99. The van der Waals surface area contributed by atoms with E-state index in [9.17, 15) is 15.3 Å². The average molecular weight is 1110 g/mol. The van der Waals surface area contributed by atoms with Crippen LogP contribution in [0.25, 0.3) is 0 Å². The van der Waals surface area contributed by atoms with Crippen molar-refractivity contribution in [1.29, 1.82) is 0 Å². The van der Waals surface area contributed by atoms with E-state index in [2.05, 4.69) is 77.9 Å². The highest BCUT2D eigenvalue weighted by Gasteiger charge is 2.55. The molecule has 12 bridgehead atoms. The SMILES string of the molecule is CCOCC.CCOCC.CCOCC.Cc1cc(Cc2c(C)c(Cc3cc(C)cc(C45CC6CC(CC(C6)C4)C5)c3O)c(C)c(Cc3cc(C)cc(C45CC6CC(CC(C6)C4)C5)c3O)c2C)c(O)c(C23CC4CC(CC(C4)C2)C3)c1. The third kappa shape index (κ3) is 12.2. The Morgan fingerprint density at radius 1 is 0.321 bits per heavy atom. The predicted molar refractivity (Wildman–Crippen MR) is 334 cm³/mol. The Balaban J connectivity index is 0.000000438. The summed E-state index contributed by atoms with van der Waals surface area (Å²) in [6.07, 6.45) is 25.8. The molecular formula is C75H108O6. The first-order chi connectivity index (χ1) is 38.9. The normalized spacial score (nSPS) is 31.3. The maximum absolute atomic E-state index is 12.6. The Morgan fingerprint density at radius 2 is 0.506 bits per heavy atom. The van der Waals surface area contributed by atoms with E-state index in [0.29, 0.717) is 36.5 Å². The summed E-state index contributed by atoms with van der Waals surface area (Å²) in [6, 6.07) is 13.9. The van der Waals surface area contributed by atoms with Crippen molar-refractivity contribution >= 4 is 0 Å². The van der Waals surface area contributed by atoms with Gasteiger partial charge in [-0.1, -0.05) is 53.1 Å². The minimum absolute atomic E-state index is 0.113. The molecule has 0 amide bonds. The zero-order valence-electron chi connectivity index (χ0n) is 52.8. The van der Waals surface area contributed by atoms with Crippen molar-refractivity contribution in [2.75, 3.05) is 39.6 Å². The number of phenolic OH excluding ortho intramolecular Hbond substituents is 3. The fourth-order valence-corrected chi connectivity index (χ4v) is 20.9. The van der Waals surface area contributed by atoms with Gasteiger partial charge in [-0.3, -0.25) is 0 Å². The number of aromatic hydroxyl groups is 3. The molecule has 16 rings (SSSR count). The van der Waals surface area contributed by atoms with E-state index < -0.39 is 0 Å². The van der Waals surface area contributed by atoms with Gasteiger partial charge in [0.1, 0.15) is 17.2 Å². The molecule has 4 aromatic rings. The third-order valence-corrected chi connectivity index (χ3v) is 22.9. The molecule has 81 heavy (non-hydrogen) atoms. The van der Waals surface area contributed by atoms with Crippen LogP contribution in [0, 0.1) is 94.8 Å². The monoisotopic (exact) mass is 1100 g/mol. The van der Waals surface area contributed by atoms with Gasteiger partial charge in [-0.05, 0) is 318 Å². The van der Waals surface area contributed by atoms with E-state index in [-0.39, 0.29) is 16.2 Å². The second kappa shape index (κ2) is 25.0. The molecule has 12 aliphatic rings. The fraction of sp³-hybridized carbons (Fsp3) is 0.680. The van der Waals surface area contributed by atoms with Gasteiger partial charge in [0.25, 0.3) is 0 Å². The zero-order valence-corrected chi connectivity index (χ0v) is 52.8. The van der Waals surface area contributed by atoms with E-state index in [1.54, 1.807) is 0 Å². The van der Waals surface area contributed by atoms with Gasteiger partial charge in [0.15, 0.2) is 0 Å². The molecule has 12 aliphatic carbocycles. The molecule has 0 unspecified atom stereocenters. The standard InChI is InChI=1S/C63H78O3.3C4H10O/c1-34-7-49(58(64)55(10-34)61-25-40-13-41(26-61)15-42(14-40)27-61)22-52-37(4)53(23-50-8-35(2)11-56(59(50)65)62-28-43-16-44(29-62)18-45(17-43)30-62)39(6)54(38(52)5)24-51-9-36(3)12-57(60(51)66)63-31-46-19-47(32-63)21-48(20-46)33-63;3*1-3-5-4-2/h7-12,40-48,64-66H,13-33H2,1-6H3;3*3-4H2,1-2H3. The molecule has 0 saturated heterocycles. The second-order valence-electron chi connectivity index (χ2n) is 28.7. The Morgan fingerprint density at radius 3 is 0.667 bits per heavy atom. The maximum atomic E-state index is 12.6. The number of benzene rings is 4. The van der Waals surface area contributed by atoms with Crippen LogP contribution in [0.1, 0.15) is 241 Å². The zero-order chi connectivity index (χ0) is 57.5. The molecule has 0 radical (unpaired) electrons. The Kier molecular flexibility index (Phi) is 18.6. The van der Waals surface area contributed by atoms with Gasteiger partial charge >= 0.3 is 0 Å². The van der Waals surface area contributed by atoms with Crippen molar-refractivity contribution < 1.29 is 29.5 Å². The predicted octanol–water partition coefficient (Wildman–Crippen LogP) is 18.0. The summed E-state index contributed by atoms with van der Waals surface area (Å²) in [6.45, 7) is 30.8. The Hall–Kier alpha value is -3.84. The molecule has 0 aromatic heterocycles. The number of hydrogen-bond donors (Lipinski definition) is 3. The molecule has 6 heteroatoms. The van der Waals surface area contributed by atoms with Crippen LogP contribution in [0.5, 0.6) is 17.2 Å². The molecular weight excluding hydrogens is 997 g/mol. The minimum Gasteiger partial charge on any atom is -0.507 e. The molecule has 4 aromatic carbocycles. The summed E-state index contributed by atoms with van der Waals surface area (Å²) < 4.78 is 14.5. The van der Waals surface area contributed by atoms with Crippen molar-refractivity contribution in [2.45, 2.75) is 234 Å². The van der Waals surface area contributed by atoms with Crippen LogP contribution >= 0.6 is 0 Å². The lowest BCUT2D eigenvalue weighted by atomic mass is 9.48. The van der Waals surface area contributed by atoms with Gasteiger partial charge in [0, 0.05) is 75.6 Å². The quantitative estimate of drug-likeness (QED) is 0.110. The van der Waals surface area contributed by atoms with Gasteiger partial charge < -0.3 is 29.5 Å². The smallest absolute Gasteiger partial charge is 0.122 e. The van der Waals surface area contributed by atoms with Crippen LogP contribution in [0.15, 0.2) is 36.4 Å². The van der Waals surface area contributed by atoms with Crippen LogP contribution < -0.4 is 0 Å². The molecule has 12 saturated carbocycles. The van der Waals surface area contributed by atoms with Crippen molar-refractivity contribution in [3.05, 3.63) is 120 Å². The fourth-order valence-electron chi connectivity index (χ4n) is 20.9. The van der Waals surface area contributed by atoms with Crippen molar-refractivity contribution in [1.82, 2.24) is 0 Å². The van der Waals surface area contributed by atoms with Gasteiger partial charge in [-0.25, -0.2) is 0 Å². The number of phenols is 3. The first-order valence-electron chi connectivity index (χ1n) is 33.2. The highest BCUT2D eigenvalue weighted by Crippen LogP contribution is 2.65. The first kappa shape index (κ1) is 60.3. The lowest BCUT2D eigenvalue weighted by molar-refractivity contribution is -0.00635. The second-order valence-corrected chi connectivity index (χ2v) is 28.7. The van der Waals surface area contributed by atoms with Crippen molar-refractivity contribution in [2.24, 2.45) is 53.3 Å². The van der Waals surface area contributed by atoms with E-state index in [1.165, 1.54) is 182 Å². The Bertz CT molecular complexity index is 2410. The maximum Gasteiger partial charge on any atom is 0.122 e. The lowest BCUT2D eigenvalue weighted by Crippen LogP contribution is -2.48. The van der Waals surface area contributed by atoms with Gasteiger partial charge in [0.2, 0.25) is 0 Å². The molecule has 6 nitrogen and oxygen atoms in total. The number of aryl methyl sites for hydroxylation is 3. The summed E-state index contributed by atoms with van der Waals surface area (Å²) in [4.78, 5) is 0. The Labute approximate surface area is 491 Å². The molecule has 444 valence electrons. The average Bonchev–Trinajstić information content (AvgIpc) is 3.60. The number of hydrogen-bond acceptors (Lipinski definition) is 6. The van der Waals surface area contributed by atoms with Crippen molar-refractivity contribution in [3.63, 3.8) is 0 Å². The van der Waals surface area contributed by atoms with Gasteiger partial charge in [0.05, 0.1) is 0 Å². The van der Waals surface area contributed by atoms with Crippen LogP contribution in [-0.2, 0) is 49.7 Å². The molecule has 3 N–H and O–H groups in total. The van der Waals surface area contributed by atoms with Crippen LogP contribution in [-0.4, -0.2) is 55.0 Å². The summed E-state index contributed by atoms with van der Waals surface area (Å²) in [5.41, 5.74) is 18.9. The molecule has 0 atom stereocenters. The van der Waals surface area contributed by atoms with Gasteiger partial charge in [-0.15, -0.1) is 0 Å². The van der Waals surface area contributed by atoms with Crippen LogP contribution in [0.3, 0.4) is 0 Å². The molecule has 0 heterocycles. The largest absolute Gasteiger partial charge is 0.507 e. The summed E-state index contributed by atoms with van der Waals surface area (Å²) in [7, 11) is 0. The van der Waals surface area contributed by atoms with E-state index in [1.807, 2.05) is 41.5 Å².